The molecule has 1 aliphatic heterocycles. The third kappa shape index (κ3) is 8.00. The van der Waals surface area contributed by atoms with Crippen LogP contribution in [0.2, 0.25) is 0 Å². The second-order valence-corrected chi connectivity index (χ2v) is 9.59. The molecule has 0 radical (unpaired) electrons. The SMILES string of the molecule is CCOc1ccc(S(=O)(=O)Nc2cc(C(=O)O)cnc2N2CCCC(C)C2)cc1.O=C(O)C(F)(F)F. The van der Waals surface area contributed by atoms with E-state index < -0.39 is 28.1 Å². The Morgan fingerprint density at radius 1 is 1.22 bits per heavy atom. The minimum absolute atomic E-state index is 0.0552. The summed E-state index contributed by atoms with van der Waals surface area (Å²) < 4.78 is 65.4. The van der Waals surface area contributed by atoms with Crippen molar-refractivity contribution in [2.45, 2.75) is 37.8 Å². The monoisotopic (exact) mass is 533 g/mol. The number of aliphatic carboxylic acids is 1. The molecule has 3 rings (SSSR count). The molecule has 2 heterocycles. The zero-order valence-electron chi connectivity index (χ0n) is 19.4. The van der Waals surface area contributed by atoms with Gasteiger partial charge in [-0.15, -0.1) is 0 Å². The lowest BCUT2D eigenvalue weighted by Gasteiger charge is -2.33. The highest BCUT2D eigenvalue weighted by Gasteiger charge is 2.38. The number of aromatic carboxylic acids is 1. The fourth-order valence-electron chi connectivity index (χ4n) is 3.37. The molecule has 0 spiro atoms. The maximum absolute atomic E-state index is 12.9. The van der Waals surface area contributed by atoms with Crippen molar-refractivity contribution in [1.29, 1.82) is 0 Å². The summed E-state index contributed by atoms with van der Waals surface area (Å²) in [5.41, 5.74) is 0.0797. The first kappa shape index (κ1) is 28.7. The highest BCUT2D eigenvalue weighted by molar-refractivity contribution is 7.92. The van der Waals surface area contributed by atoms with Gasteiger partial charge in [-0.25, -0.2) is 23.0 Å². The van der Waals surface area contributed by atoms with Crippen LogP contribution < -0.4 is 14.4 Å². The molecule has 1 aromatic heterocycles. The number of benzene rings is 1. The summed E-state index contributed by atoms with van der Waals surface area (Å²) in [5, 5.41) is 16.4. The number of hydrogen-bond donors (Lipinski definition) is 3. The summed E-state index contributed by atoms with van der Waals surface area (Å²) in [6.45, 7) is 5.92. The summed E-state index contributed by atoms with van der Waals surface area (Å²) in [7, 11) is -3.93. The molecule has 2 aromatic rings. The van der Waals surface area contributed by atoms with Gasteiger partial charge in [0.05, 0.1) is 22.8 Å². The van der Waals surface area contributed by atoms with Gasteiger partial charge in [-0.3, -0.25) is 4.72 Å². The topological polar surface area (TPSA) is 146 Å². The number of alkyl halides is 3. The van der Waals surface area contributed by atoms with Crippen molar-refractivity contribution in [2.24, 2.45) is 5.92 Å². The van der Waals surface area contributed by atoms with E-state index in [-0.39, 0.29) is 16.1 Å². The first-order chi connectivity index (χ1) is 16.7. The van der Waals surface area contributed by atoms with E-state index in [9.17, 15) is 31.5 Å². The molecule has 1 saturated heterocycles. The van der Waals surface area contributed by atoms with Crippen LogP contribution in [0.5, 0.6) is 5.75 Å². The van der Waals surface area contributed by atoms with Crippen molar-refractivity contribution < 1.29 is 46.1 Å². The number of hydrogen-bond acceptors (Lipinski definition) is 7. The molecule has 1 fully saturated rings. The Labute approximate surface area is 205 Å². The highest BCUT2D eigenvalue weighted by Crippen LogP contribution is 2.31. The van der Waals surface area contributed by atoms with Crippen molar-refractivity contribution in [3.63, 3.8) is 0 Å². The molecule has 36 heavy (non-hydrogen) atoms. The third-order valence-corrected chi connectivity index (χ3v) is 6.38. The van der Waals surface area contributed by atoms with E-state index in [2.05, 4.69) is 16.6 Å². The van der Waals surface area contributed by atoms with Crippen molar-refractivity contribution >= 4 is 33.5 Å². The lowest BCUT2D eigenvalue weighted by molar-refractivity contribution is -0.192. The molecule has 1 aliphatic rings. The van der Waals surface area contributed by atoms with Gasteiger partial charge in [0.1, 0.15) is 5.75 Å². The third-order valence-electron chi connectivity index (χ3n) is 5.00. The van der Waals surface area contributed by atoms with E-state index in [0.717, 1.165) is 25.9 Å². The molecule has 3 N–H and O–H groups in total. The minimum Gasteiger partial charge on any atom is -0.494 e. The summed E-state index contributed by atoms with van der Waals surface area (Å²) in [5.74, 6) is -2.47. The van der Waals surface area contributed by atoms with E-state index >= 15 is 0 Å². The van der Waals surface area contributed by atoms with Crippen LogP contribution in [0.3, 0.4) is 0 Å². The van der Waals surface area contributed by atoms with Gasteiger partial charge >= 0.3 is 18.1 Å². The molecule has 0 aliphatic carbocycles. The molecule has 0 amide bonds. The zero-order valence-corrected chi connectivity index (χ0v) is 20.3. The Kier molecular flexibility index (Phi) is 9.50. The van der Waals surface area contributed by atoms with Gasteiger partial charge in [0, 0.05) is 19.3 Å². The number of piperidine rings is 1. The van der Waals surface area contributed by atoms with E-state index in [1.54, 1.807) is 12.1 Å². The maximum Gasteiger partial charge on any atom is 0.490 e. The number of carboxylic acids is 2. The number of nitrogens with zero attached hydrogens (tertiary/aromatic N) is 2. The van der Waals surface area contributed by atoms with Gasteiger partial charge in [-0.2, -0.15) is 13.2 Å². The number of nitrogens with one attached hydrogen (secondary N) is 1. The van der Waals surface area contributed by atoms with Gasteiger partial charge in [-0.05, 0) is 56.0 Å². The average molecular weight is 534 g/mol. The standard InChI is InChI=1S/C20H25N3O5S.C2HF3O2/c1-3-28-16-6-8-17(9-7-16)29(26,27)22-18-11-15(20(24)25)12-21-19(18)23-10-4-5-14(2)13-23;3-2(4,5)1(6)7/h6-9,11-12,14,22H,3-5,10,13H2,1-2H3,(H,24,25);(H,6,7). The molecule has 10 nitrogen and oxygen atoms in total. The van der Waals surface area contributed by atoms with Crippen LogP contribution in [0, 0.1) is 5.92 Å². The van der Waals surface area contributed by atoms with E-state index in [1.165, 1.54) is 24.4 Å². The number of carboxylic acid groups (broad SMARTS) is 2. The maximum atomic E-state index is 12.9. The van der Waals surface area contributed by atoms with Crippen LogP contribution >= 0.6 is 0 Å². The Balaban J connectivity index is 0.000000572. The molecule has 14 heteroatoms. The number of anilines is 2. The summed E-state index contributed by atoms with van der Waals surface area (Å²) in [6.07, 6.45) is -1.77. The van der Waals surface area contributed by atoms with Gasteiger partial charge in [0.2, 0.25) is 0 Å². The van der Waals surface area contributed by atoms with Crippen LogP contribution in [-0.2, 0) is 14.8 Å². The van der Waals surface area contributed by atoms with E-state index in [4.69, 9.17) is 14.6 Å². The largest absolute Gasteiger partial charge is 0.494 e. The van der Waals surface area contributed by atoms with E-state index in [0.29, 0.717) is 24.1 Å². The first-order valence-corrected chi connectivity index (χ1v) is 12.3. The lowest BCUT2D eigenvalue weighted by atomic mass is 10.0. The van der Waals surface area contributed by atoms with E-state index in [1.807, 2.05) is 11.8 Å². The lowest BCUT2D eigenvalue weighted by Crippen LogP contribution is -2.35. The van der Waals surface area contributed by atoms with Crippen molar-refractivity contribution in [3.8, 4) is 5.75 Å². The number of ether oxygens (including phenoxy) is 1. The minimum atomic E-state index is -5.08. The van der Waals surface area contributed by atoms with Gasteiger partial charge in [-0.1, -0.05) is 6.92 Å². The fourth-order valence-corrected chi connectivity index (χ4v) is 4.42. The number of pyridine rings is 1. The average Bonchev–Trinajstić information content (AvgIpc) is 2.79. The second-order valence-electron chi connectivity index (χ2n) is 7.91. The second kappa shape index (κ2) is 11.9. The van der Waals surface area contributed by atoms with Crippen LogP contribution in [0.25, 0.3) is 0 Å². The van der Waals surface area contributed by atoms with Gasteiger partial charge in [0.15, 0.2) is 5.82 Å². The van der Waals surface area contributed by atoms with Crippen molar-refractivity contribution in [1.82, 2.24) is 4.98 Å². The predicted molar refractivity (Wildman–Crippen MR) is 124 cm³/mol. The number of sulfonamides is 1. The zero-order chi connectivity index (χ0) is 27.1. The van der Waals surface area contributed by atoms with Crippen molar-refractivity contribution in [3.05, 3.63) is 42.1 Å². The number of aromatic nitrogens is 1. The molecule has 0 bridgehead atoms. The van der Waals surface area contributed by atoms with Crippen LogP contribution in [0.1, 0.15) is 37.0 Å². The highest BCUT2D eigenvalue weighted by atomic mass is 32.2. The summed E-state index contributed by atoms with van der Waals surface area (Å²) in [6, 6.07) is 7.37. The molecule has 198 valence electrons. The molecular formula is C22H26F3N3O7S. The summed E-state index contributed by atoms with van der Waals surface area (Å²) >= 11 is 0. The Bertz CT molecular complexity index is 1170. The molecule has 0 saturated carbocycles. The Morgan fingerprint density at radius 2 is 1.83 bits per heavy atom. The van der Waals surface area contributed by atoms with Crippen molar-refractivity contribution in [2.75, 3.05) is 29.3 Å². The number of halogens is 3. The quantitative estimate of drug-likeness (QED) is 0.483. The smallest absolute Gasteiger partial charge is 0.490 e. The van der Waals surface area contributed by atoms with Gasteiger partial charge < -0.3 is 19.8 Å². The first-order valence-electron chi connectivity index (χ1n) is 10.8. The van der Waals surface area contributed by atoms with Gasteiger partial charge in [0.25, 0.3) is 10.0 Å². The normalized spacial score (nSPS) is 15.9. The molecular weight excluding hydrogens is 507 g/mol. The Hall–Kier alpha value is -3.55. The number of rotatable bonds is 7. The molecule has 1 atom stereocenters. The van der Waals surface area contributed by atoms with Crippen LogP contribution in [0.4, 0.5) is 24.7 Å². The fraction of sp³-hybridized carbons (Fsp3) is 0.409. The number of carbonyl (C=O) groups is 2. The van der Waals surface area contributed by atoms with Crippen LogP contribution in [0.15, 0.2) is 41.4 Å². The molecule has 1 aromatic carbocycles. The predicted octanol–water partition coefficient (Wildman–Crippen LogP) is 3.85. The summed E-state index contributed by atoms with van der Waals surface area (Å²) in [4.78, 5) is 26.6. The Morgan fingerprint density at radius 3 is 2.33 bits per heavy atom. The molecule has 1 unspecified atom stereocenters. The van der Waals surface area contributed by atoms with Crippen LogP contribution in [-0.4, -0.2) is 61.4 Å².